The molecule has 22 heavy (non-hydrogen) atoms. The predicted octanol–water partition coefficient (Wildman–Crippen LogP) is 1.89. The molecule has 1 aliphatic rings. The summed E-state index contributed by atoms with van der Waals surface area (Å²) in [7, 11) is -3.38. The maximum atomic E-state index is 11.5. The Bertz CT molecular complexity index is 650. The van der Waals surface area contributed by atoms with E-state index in [-0.39, 0.29) is 6.04 Å². The number of halogens is 1. The van der Waals surface area contributed by atoms with E-state index in [1.54, 1.807) is 0 Å². The van der Waals surface area contributed by atoms with Gasteiger partial charge in [0.2, 0.25) is 10.0 Å². The summed E-state index contributed by atoms with van der Waals surface area (Å²) in [5, 5.41) is 9.40. The van der Waals surface area contributed by atoms with E-state index in [2.05, 4.69) is 27.3 Å². The van der Waals surface area contributed by atoms with Crippen LogP contribution < -0.4 is 4.72 Å². The van der Waals surface area contributed by atoms with Crippen LogP contribution in [-0.2, 0) is 16.4 Å². The SMILES string of the molecule is CS(=O)(=O)N[C@@H]1CCCN(C(=O)O)[C@@H]1Cc1cccc(I)c1. The standard InChI is InChI=1S/C14H19IN2O4S/c1-22(20,21)16-12-6-3-7-17(14(18)19)13(12)9-10-4-2-5-11(15)8-10/h2,4-5,8,12-13,16H,3,6-7,9H2,1H3,(H,18,19)/t12-,13-/m1/s1. The Balaban J connectivity index is 2.26. The minimum Gasteiger partial charge on any atom is -0.465 e. The van der Waals surface area contributed by atoms with Crippen molar-refractivity contribution in [1.82, 2.24) is 9.62 Å². The highest BCUT2D eigenvalue weighted by molar-refractivity contribution is 14.1. The van der Waals surface area contributed by atoms with Crippen LogP contribution >= 0.6 is 22.6 Å². The molecule has 0 aliphatic carbocycles. The van der Waals surface area contributed by atoms with Crippen molar-refractivity contribution in [3.8, 4) is 0 Å². The average Bonchev–Trinajstić information content (AvgIpc) is 2.39. The van der Waals surface area contributed by atoms with E-state index < -0.39 is 22.2 Å². The number of sulfonamides is 1. The van der Waals surface area contributed by atoms with Crippen molar-refractivity contribution in [2.24, 2.45) is 0 Å². The second-order valence-electron chi connectivity index (χ2n) is 5.52. The molecule has 1 amide bonds. The molecule has 1 heterocycles. The van der Waals surface area contributed by atoms with Crippen LogP contribution in [0.2, 0.25) is 0 Å². The molecule has 2 N–H and O–H groups in total. The molecule has 1 saturated heterocycles. The first-order chi connectivity index (χ1) is 10.3. The third kappa shape index (κ3) is 4.82. The summed E-state index contributed by atoms with van der Waals surface area (Å²) in [4.78, 5) is 12.8. The second-order valence-corrected chi connectivity index (χ2v) is 8.54. The number of rotatable bonds is 4. The zero-order valence-electron chi connectivity index (χ0n) is 12.2. The molecule has 122 valence electrons. The third-order valence-electron chi connectivity index (χ3n) is 3.72. The van der Waals surface area contributed by atoms with Crippen LogP contribution in [0.4, 0.5) is 4.79 Å². The molecule has 1 aromatic carbocycles. The Morgan fingerprint density at radius 3 is 2.82 bits per heavy atom. The number of hydrogen-bond acceptors (Lipinski definition) is 3. The van der Waals surface area contributed by atoms with Crippen molar-refractivity contribution in [2.45, 2.75) is 31.3 Å². The van der Waals surface area contributed by atoms with E-state index in [0.717, 1.165) is 15.4 Å². The van der Waals surface area contributed by atoms with Gasteiger partial charge in [-0.1, -0.05) is 12.1 Å². The van der Waals surface area contributed by atoms with Crippen LogP contribution in [0.3, 0.4) is 0 Å². The van der Waals surface area contributed by atoms with E-state index in [1.165, 1.54) is 4.90 Å². The van der Waals surface area contributed by atoms with Gasteiger partial charge in [0.25, 0.3) is 0 Å². The lowest BCUT2D eigenvalue weighted by Gasteiger charge is -2.39. The van der Waals surface area contributed by atoms with Gasteiger partial charge < -0.3 is 10.0 Å². The molecule has 0 radical (unpaired) electrons. The fraction of sp³-hybridized carbons (Fsp3) is 0.500. The summed E-state index contributed by atoms with van der Waals surface area (Å²) in [6, 6.07) is 7.04. The molecule has 0 unspecified atom stereocenters. The summed E-state index contributed by atoms with van der Waals surface area (Å²) in [5.41, 5.74) is 1.00. The fourth-order valence-electron chi connectivity index (χ4n) is 2.86. The Labute approximate surface area is 144 Å². The second kappa shape index (κ2) is 7.14. The van der Waals surface area contributed by atoms with E-state index >= 15 is 0 Å². The lowest BCUT2D eigenvalue weighted by atomic mass is 9.92. The first-order valence-electron chi connectivity index (χ1n) is 6.97. The predicted molar refractivity (Wildman–Crippen MR) is 92.4 cm³/mol. The number of benzene rings is 1. The van der Waals surface area contributed by atoms with E-state index in [0.29, 0.717) is 25.8 Å². The van der Waals surface area contributed by atoms with Crippen LogP contribution in [0.1, 0.15) is 18.4 Å². The number of piperidine rings is 1. The number of hydrogen-bond donors (Lipinski definition) is 2. The smallest absolute Gasteiger partial charge is 0.407 e. The lowest BCUT2D eigenvalue weighted by Crippen LogP contribution is -2.57. The first-order valence-corrected chi connectivity index (χ1v) is 9.94. The lowest BCUT2D eigenvalue weighted by molar-refractivity contribution is 0.0942. The maximum Gasteiger partial charge on any atom is 0.407 e. The molecule has 1 fully saturated rings. The van der Waals surface area contributed by atoms with Gasteiger partial charge in [-0.2, -0.15) is 0 Å². The van der Waals surface area contributed by atoms with Gasteiger partial charge in [-0.05, 0) is 59.5 Å². The maximum absolute atomic E-state index is 11.5. The molecular formula is C14H19IN2O4S. The highest BCUT2D eigenvalue weighted by Gasteiger charge is 2.35. The first kappa shape index (κ1) is 17.5. The molecule has 1 aliphatic heterocycles. The number of carboxylic acid groups (broad SMARTS) is 1. The van der Waals surface area contributed by atoms with Gasteiger partial charge in [-0.25, -0.2) is 17.9 Å². The monoisotopic (exact) mass is 438 g/mol. The minimum atomic E-state index is -3.38. The van der Waals surface area contributed by atoms with Gasteiger partial charge in [0, 0.05) is 16.2 Å². The zero-order valence-corrected chi connectivity index (χ0v) is 15.2. The van der Waals surface area contributed by atoms with Gasteiger partial charge in [0.1, 0.15) is 0 Å². The van der Waals surface area contributed by atoms with Crippen molar-refractivity contribution in [1.29, 1.82) is 0 Å². The Hall–Kier alpha value is -0.870. The van der Waals surface area contributed by atoms with Crippen LogP contribution in [0.5, 0.6) is 0 Å². The number of likely N-dealkylation sites (tertiary alicyclic amines) is 1. The topological polar surface area (TPSA) is 86.7 Å². The number of nitrogens with zero attached hydrogens (tertiary/aromatic N) is 1. The van der Waals surface area contributed by atoms with Crippen molar-refractivity contribution in [3.05, 3.63) is 33.4 Å². The van der Waals surface area contributed by atoms with Crippen molar-refractivity contribution in [3.63, 3.8) is 0 Å². The van der Waals surface area contributed by atoms with Gasteiger partial charge in [0.15, 0.2) is 0 Å². The molecule has 8 heteroatoms. The summed E-state index contributed by atoms with van der Waals surface area (Å²) < 4.78 is 26.8. The third-order valence-corrected chi connectivity index (χ3v) is 5.13. The minimum absolute atomic E-state index is 0.390. The van der Waals surface area contributed by atoms with Crippen LogP contribution in [-0.4, -0.2) is 49.4 Å². The molecule has 0 saturated carbocycles. The van der Waals surface area contributed by atoms with E-state index in [1.807, 2.05) is 24.3 Å². The molecule has 6 nitrogen and oxygen atoms in total. The average molecular weight is 438 g/mol. The molecule has 0 spiro atoms. The summed E-state index contributed by atoms with van der Waals surface area (Å²) in [6.07, 6.45) is 1.90. The van der Waals surface area contributed by atoms with Gasteiger partial charge in [-0.3, -0.25) is 0 Å². The number of nitrogens with one attached hydrogen (secondary N) is 1. The summed E-state index contributed by atoms with van der Waals surface area (Å²) in [6.45, 7) is 0.436. The number of carbonyl (C=O) groups is 1. The molecule has 0 aromatic heterocycles. The molecule has 0 bridgehead atoms. The quantitative estimate of drug-likeness (QED) is 0.704. The molecule has 2 atom stereocenters. The van der Waals surface area contributed by atoms with E-state index in [9.17, 15) is 18.3 Å². The number of amides is 1. The Kier molecular flexibility index (Phi) is 5.67. The van der Waals surface area contributed by atoms with Gasteiger partial charge in [0.05, 0.1) is 12.3 Å². The van der Waals surface area contributed by atoms with Crippen molar-refractivity contribution in [2.75, 3.05) is 12.8 Å². The Morgan fingerprint density at radius 2 is 2.23 bits per heavy atom. The molecule has 2 rings (SSSR count). The Morgan fingerprint density at radius 1 is 1.50 bits per heavy atom. The highest BCUT2D eigenvalue weighted by Crippen LogP contribution is 2.23. The van der Waals surface area contributed by atoms with E-state index in [4.69, 9.17) is 0 Å². The van der Waals surface area contributed by atoms with Gasteiger partial charge in [-0.15, -0.1) is 0 Å². The fourth-order valence-corrected chi connectivity index (χ4v) is 4.30. The van der Waals surface area contributed by atoms with Crippen molar-refractivity contribution < 1.29 is 18.3 Å². The molecular weight excluding hydrogens is 419 g/mol. The summed E-state index contributed by atoms with van der Waals surface area (Å²) >= 11 is 2.20. The molecule has 1 aromatic rings. The van der Waals surface area contributed by atoms with Crippen LogP contribution in [0.15, 0.2) is 24.3 Å². The largest absolute Gasteiger partial charge is 0.465 e. The van der Waals surface area contributed by atoms with Crippen LogP contribution in [0.25, 0.3) is 0 Å². The normalized spacial score (nSPS) is 22.5. The summed E-state index contributed by atoms with van der Waals surface area (Å²) in [5.74, 6) is 0. The van der Waals surface area contributed by atoms with Crippen LogP contribution in [0, 0.1) is 3.57 Å². The van der Waals surface area contributed by atoms with Gasteiger partial charge >= 0.3 is 6.09 Å². The zero-order chi connectivity index (χ0) is 16.3. The highest BCUT2D eigenvalue weighted by atomic mass is 127. The van der Waals surface area contributed by atoms with Crippen molar-refractivity contribution >= 4 is 38.7 Å².